The molecule has 154 valence electrons. The summed E-state index contributed by atoms with van der Waals surface area (Å²) in [7, 11) is 2.07. The molecule has 1 amide bonds. The average Bonchev–Trinajstić information content (AvgIpc) is 2.56. The van der Waals surface area contributed by atoms with Crippen LogP contribution in [0.1, 0.15) is 23.2 Å². The smallest absolute Gasteiger partial charge is 0.260 e. The third kappa shape index (κ3) is 6.21. The molecule has 4 nitrogen and oxygen atoms in total. The number of carbonyl (C=O) groups excluding carboxylic acids is 1. The number of anilines is 2. The van der Waals surface area contributed by atoms with Crippen molar-refractivity contribution in [3.63, 3.8) is 0 Å². The van der Waals surface area contributed by atoms with E-state index in [1.165, 1.54) is 24.3 Å². The number of piperidine rings is 1. The number of nitrogens with one attached hydrogen (secondary N) is 2. The largest absolute Gasteiger partial charge is 0.382 e. The van der Waals surface area contributed by atoms with Crippen molar-refractivity contribution in [1.82, 2.24) is 4.90 Å². The highest BCUT2D eigenvalue weighted by atomic mass is 35.5. The lowest BCUT2D eigenvalue weighted by Crippen LogP contribution is -2.36. The Kier molecular flexibility index (Phi) is 9.44. The molecule has 0 aliphatic carbocycles. The van der Waals surface area contributed by atoms with E-state index in [9.17, 15) is 13.6 Å². The van der Waals surface area contributed by atoms with Gasteiger partial charge in [0.1, 0.15) is 11.6 Å². The second-order valence-electron chi connectivity index (χ2n) is 6.50. The molecule has 0 atom stereocenters. The molecule has 1 heterocycles. The summed E-state index contributed by atoms with van der Waals surface area (Å²) in [4.78, 5) is 14.6. The van der Waals surface area contributed by atoms with Crippen molar-refractivity contribution in [3.05, 3.63) is 58.6 Å². The minimum Gasteiger partial charge on any atom is -0.382 e. The molecule has 0 saturated carbocycles. The van der Waals surface area contributed by atoms with E-state index >= 15 is 0 Å². The Morgan fingerprint density at radius 1 is 1.11 bits per heavy atom. The van der Waals surface area contributed by atoms with Gasteiger partial charge in [-0.3, -0.25) is 4.79 Å². The predicted molar refractivity (Wildman–Crippen MR) is 114 cm³/mol. The molecule has 1 fully saturated rings. The maximum Gasteiger partial charge on any atom is 0.260 e. The van der Waals surface area contributed by atoms with Crippen LogP contribution < -0.4 is 10.6 Å². The minimum absolute atomic E-state index is 0. The van der Waals surface area contributed by atoms with Crippen LogP contribution in [0.5, 0.6) is 0 Å². The first-order valence-corrected chi connectivity index (χ1v) is 8.81. The van der Waals surface area contributed by atoms with Crippen molar-refractivity contribution in [2.24, 2.45) is 0 Å². The standard InChI is InChI=1S/C19H20ClF2N3O.2ClH/c1-25-7-5-13(6-8-25)23-14-9-12(21)10-15(11-14)24-19(26)18-16(20)3-2-4-17(18)22;;/h2-4,9-11,13,23H,5-8H2,1H3,(H,24,26);2*1H. The Morgan fingerprint density at radius 3 is 2.39 bits per heavy atom. The van der Waals surface area contributed by atoms with E-state index < -0.39 is 17.5 Å². The molecule has 2 aromatic rings. The van der Waals surface area contributed by atoms with Gasteiger partial charge in [0.25, 0.3) is 5.91 Å². The fourth-order valence-electron chi connectivity index (χ4n) is 3.04. The normalized spacial score (nSPS) is 14.6. The number of likely N-dealkylation sites (tertiary alicyclic amines) is 1. The first kappa shape index (κ1) is 24.4. The first-order valence-electron chi connectivity index (χ1n) is 8.43. The average molecular weight is 453 g/mol. The Morgan fingerprint density at radius 2 is 1.75 bits per heavy atom. The molecule has 1 saturated heterocycles. The lowest BCUT2D eigenvalue weighted by Gasteiger charge is -2.30. The zero-order valence-corrected chi connectivity index (χ0v) is 17.6. The summed E-state index contributed by atoms with van der Waals surface area (Å²) in [5.41, 5.74) is 0.558. The summed E-state index contributed by atoms with van der Waals surface area (Å²) in [5.74, 6) is -1.93. The molecule has 0 radical (unpaired) electrons. The SMILES string of the molecule is CN1CCC(Nc2cc(F)cc(NC(=O)c3c(F)cccc3Cl)c2)CC1.Cl.Cl. The summed E-state index contributed by atoms with van der Waals surface area (Å²) in [5, 5.41) is 5.82. The predicted octanol–water partition coefficient (Wildman–Crippen LogP) is 5.22. The number of carbonyl (C=O) groups is 1. The topological polar surface area (TPSA) is 44.4 Å². The van der Waals surface area contributed by atoms with Crippen molar-refractivity contribution in [2.75, 3.05) is 30.8 Å². The lowest BCUT2D eigenvalue weighted by molar-refractivity contribution is 0.102. The van der Waals surface area contributed by atoms with Crippen LogP contribution in [-0.4, -0.2) is 37.0 Å². The zero-order chi connectivity index (χ0) is 18.7. The Balaban J connectivity index is 0.00000196. The highest BCUT2D eigenvalue weighted by Crippen LogP contribution is 2.24. The van der Waals surface area contributed by atoms with Gasteiger partial charge in [-0.1, -0.05) is 17.7 Å². The lowest BCUT2D eigenvalue weighted by atomic mass is 10.1. The van der Waals surface area contributed by atoms with Gasteiger partial charge in [-0.15, -0.1) is 24.8 Å². The summed E-state index contributed by atoms with van der Waals surface area (Å²) < 4.78 is 27.8. The third-order valence-electron chi connectivity index (χ3n) is 4.43. The van der Waals surface area contributed by atoms with Gasteiger partial charge in [-0.05, 0) is 63.3 Å². The maximum absolute atomic E-state index is 14.0. The zero-order valence-electron chi connectivity index (χ0n) is 15.2. The van der Waals surface area contributed by atoms with Gasteiger partial charge in [0, 0.05) is 17.4 Å². The van der Waals surface area contributed by atoms with Crippen LogP contribution in [0, 0.1) is 11.6 Å². The highest BCUT2D eigenvalue weighted by Gasteiger charge is 2.18. The fourth-order valence-corrected chi connectivity index (χ4v) is 3.29. The number of hydrogen-bond acceptors (Lipinski definition) is 3. The van der Waals surface area contributed by atoms with E-state index in [1.54, 1.807) is 6.07 Å². The van der Waals surface area contributed by atoms with Crippen LogP contribution in [-0.2, 0) is 0 Å². The van der Waals surface area contributed by atoms with E-state index in [2.05, 4.69) is 22.6 Å². The molecule has 0 bridgehead atoms. The van der Waals surface area contributed by atoms with E-state index in [-0.39, 0.29) is 47.1 Å². The second-order valence-corrected chi connectivity index (χ2v) is 6.91. The van der Waals surface area contributed by atoms with Crippen molar-refractivity contribution >= 4 is 53.7 Å². The van der Waals surface area contributed by atoms with Gasteiger partial charge in [0.15, 0.2) is 0 Å². The molecule has 1 aliphatic rings. The minimum atomic E-state index is -0.726. The molecular formula is C19H22Cl3F2N3O. The number of halogens is 5. The van der Waals surface area contributed by atoms with Crippen molar-refractivity contribution in [1.29, 1.82) is 0 Å². The Hall–Kier alpha value is -1.60. The molecule has 0 unspecified atom stereocenters. The van der Waals surface area contributed by atoms with Gasteiger partial charge in [0.05, 0.1) is 10.6 Å². The number of nitrogens with zero attached hydrogens (tertiary/aromatic N) is 1. The fraction of sp³-hybridized carbons (Fsp3) is 0.316. The molecular weight excluding hydrogens is 431 g/mol. The van der Waals surface area contributed by atoms with Gasteiger partial charge in [-0.2, -0.15) is 0 Å². The van der Waals surface area contributed by atoms with Crippen molar-refractivity contribution in [2.45, 2.75) is 18.9 Å². The van der Waals surface area contributed by atoms with Crippen LogP contribution in [0.2, 0.25) is 5.02 Å². The Bertz CT molecular complexity index is 795. The monoisotopic (exact) mass is 451 g/mol. The van der Waals surface area contributed by atoms with E-state index in [4.69, 9.17) is 11.6 Å². The molecule has 1 aliphatic heterocycles. The Labute approximate surface area is 180 Å². The molecule has 9 heteroatoms. The number of amides is 1. The summed E-state index contributed by atoms with van der Waals surface area (Å²) >= 11 is 5.90. The van der Waals surface area contributed by atoms with Crippen molar-refractivity contribution in [3.8, 4) is 0 Å². The van der Waals surface area contributed by atoms with Gasteiger partial charge >= 0.3 is 0 Å². The third-order valence-corrected chi connectivity index (χ3v) is 4.75. The summed E-state index contributed by atoms with van der Waals surface area (Å²) in [6, 6.07) is 8.44. The van der Waals surface area contributed by atoms with Crippen LogP contribution in [0.3, 0.4) is 0 Å². The van der Waals surface area contributed by atoms with E-state index in [1.807, 2.05) is 0 Å². The maximum atomic E-state index is 14.0. The van der Waals surface area contributed by atoms with E-state index in [0.717, 1.165) is 32.0 Å². The van der Waals surface area contributed by atoms with Crippen LogP contribution in [0.4, 0.5) is 20.2 Å². The number of benzene rings is 2. The van der Waals surface area contributed by atoms with Crippen LogP contribution >= 0.6 is 36.4 Å². The summed E-state index contributed by atoms with van der Waals surface area (Å²) in [6.07, 6.45) is 1.92. The van der Waals surface area contributed by atoms with Gasteiger partial charge < -0.3 is 15.5 Å². The first-order chi connectivity index (χ1) is 12.4. The molecule has 0 aromatic heterocycles. The van der Waals surface area contributed by atoms with Crippen molar-refractivity contribution < 1.29 is 13.6 Å². The van der Waals surface area contributed by atoms with Gasteiger partial charge in [0.2, 0.25) is 0 Å². The molecule has 0 spiro atoms. The van der Waals surface area contributed by atoms with E-state index in [0.29, 0.717) is 5.69 Å². The molecule has 28 heavy (non-hydrogen) atoms. The number of rotatable bonds is 4. The van der Waals surface area contributed by atoms with Gasteiger partial charge in [-0.25, -0.2) is 8.78 Å². The highest BCUT2D eigenvalue weighted by molar-refractivity contribution is 6.34. The van der Waals surface area contributed by atoms with Crippen LogP contribution in [0.15, 0.2) is 36.4 Å². The molecule has 2 N–H and O–H groups in total. The molecule has 3 rings (SSSR count). The summed E-state index contributed by atoms with van der Waals surface area (Å²) in [6.45, 7) is 1.95. The quantitative estimate of drug-likeness (QED) is 0.668. The second kappa shape index (κ2) is 10.8. The number of hydrogen-bond donors (Lipinski definition) is 2. The van der Waals surface area contributed by atoms with Crippen LogP contribution in [0.25, 0.3) is 0 Å². The molecule has 2 aromatic carbocycles.